The molecule has 1 aromatic carbocycles. The van der Waals surface area contributed by atoms with Gasteiger partial charge >= 0.3 is 5.51 Å². The summed E-state index contributed by atoms with van der Waals surface area (Å²) in [5.41, 5.74) is -4.24. The van der Waals surface area contributed by atoms with Crippen LogP contribution in [0.4, 0.5) is 18.3 Å². The lowest BCUT2D eigenvalue weighted by Gasteiger charge is -2.08. The molecular formula is C16H13F3N4O3S3. The van der Waals surface area contributed by atoms with E-state index >= 15 is 0 Å². The average molecular weight is 463 g/mol. The monoisotopic (exact) mass is 462 g/mol. The lowest BCUT2D eigenvalue weighted by atomic mass is 10.1. The van der Waals surface area contributed by atoms with E-state index in [1.54, 1.807) is 0 Å². The second kappa shape index (κ2) is 7.80. The molecule has 0 spiro atoms. The molecular weight excluding hydrogens is 449 g/mol. The van der Waals surface area contributed by atoms with E-state index in [-0.39, 0.29) is 11.6 Å². The minimum Gasteiger partial charge on any atom is -0.300 e. The SMILES string of the molecule is Cc1nc(C)c(-c2nsc(NC(=O)Cc3ccc(S(=O)(=O)C(F)(F)F)cc3)n2)s1. The van der Waals surface area contributed by atoms with E-state index in [1.165, 1.54) is 11.3 Å². The summed E-state index contributed by atoms with van der Waals surface area (Å²) >= 11 is 2.43. The predicted octanol–water partition coefficient (Wildman–Crippen LogP) is 3.75. The molecule has 0 aliphatic rings. The topological polar surface area (TPSA) is 102 Å². The van der Waals surface area contributed by atoms with E-state index < -0.39 is 26.1 Å². The molecule has 1 amide bonds. The Hall–Kier alpha value is -2.38. The molecule has 13 heteroatoms. The van der Waals surface area contributed by atoms with Crippen molar-refractivity contribution in [3.05, 3.63) is 40.5 Å². The van der Waals surface area contributed by atoms with E-state index in [0.717, 1.165) is 51.4 Å². The predicted molar refractivity (Wildman–Crippen MR) is 103 cm³/mol. The molecule has 2 heterocycles. The van der Waals surface area contributed by atoms with Crippen molar-refractivity contribution in [1.82, 2.24) is 14.3 Å². The molecule has 29 heavy (non-hydrogen) atoms. The first-order valence-corrected chi connectivity index (χ1v) is 11.0. The molecule has 0 aliphatic carbocycles. The van der Waals surface area contributed by atoms with Crippen molar-refractivity contribution in [1.29, 1.82) is 0 Å². The largest absolute Gasteiger partial charge is 0.501 e. The Morgan fingerprint density at radius 2 is 1.79 bits per heavy atom. The maximum Gasteiger partial charge on any atom is 0.501 e. The van der Waals surface area contributed by atoms with Crippen molar-refractivity contribution < 1.29 is 26.4 Å². The summed E-state index contributed by atoms with van der Waals surface area (Å²) in [6, 6.07) is 3.97. The van der Waals surface area contributed by atoms with E-state index in [1.807, 2.05) is 13.8 Å². The van der Waals surface area contributed by atoms with Crippen LogP contribution in [0.3, 0.4) is 0 Å². The Balaban J connectivity index is 1.67. The number of nitrogens with one attached hydrogen (secondary N) is 1. The number of carbonyl (C=O) groups is 1. The first-order chi connectivity index (χ1) is 13.5. The van der Waals surface area contributed by atoms with Crippen LogP contribution in [-0.2, 0) is 21.1 Å². The molecule has 2 aromatic heterocycles. The van der Waals surface area contributed by atoms with Crippen LogP contribution < -0.4 is 5.32 Å². The highest BCUT2D eigenvalue weighted by molar-refractivity contribution is 7.92. The van der Waals surface area contributed by atoms with Gasteiger partial charge in [-0.05, 0) is 31.5 Å². The van der Waals surface area contributed by atoms with E-state index in [4.69, 9.17) is 0 Å². The molecule has 1 N–H and O–H groups in total. The van der Waals surface area contributed by atoms with Crippen molar-refractivity contribution in [2.45, 2.75) is 30.7 Å². The van der Waals surface area contributed by atoms with Gasteiger partial charge in [-0.3, -0.25) is 4.79 Å². The Labute approximate surface area is 171 Å². The molecule has 0 unspecified atom stereocenters. The molecule has 0 fully saturated rings. The second-order valence-electron chi connectivity index (χ2n) is 5.89. The highest BCUT2D eigenvalue weighted by Gasteiger charge is 2.46. The molecule has 3 rings (SSSR count). The summed E-state index contributed by atoms with van der Waals surface area (Å²) in [5, 5.41) is 3.71. The molecule has 0 aliphatic heterocycles. The molecule has 0 saturated heterocycles. The quantitative estimate of drug-likeness (QED) is 0.620. The van der Waals surface area contributed by atoms with Gasteiger partial charge < -0.3 is 5.32 Å². The van der Waals surface area contributed by atoms with Crippen LogP contribution in [-0.4, -0.2) is 34.2 Å². The molecule has 3 aromatic rings. The number of benzene rings is 1. The van der Waals surface area contributed by atoms with Crippen molar-refractivity contribution in [2.75, 3.05) is 5.32 Å². The summed E-state index contributed by atoms with van der Waals surface area (Å²) in [7, 11) is -5.42. The van der Waals surface area contributed by atoms with Crippen LogP contribution in [0, 0.1) is 13.8 Å². The number of hydrogen-bond donors (Lipinski definition) is 1. The average Bonchev–Trinajstić information content (AvgIpc) is 3.20. The van der Waals surface area contributed by atoms with Gasteiger partial charge in [-0.1, -0.05) is 12.1 Å². The zero-order valence-corrected chi connectivity index (χ0v) is 17.4. The fourth-order valence-electron chi connectivity index (χ4n) is 2.37. The first-order valence-electron chi connectivity index (χ1n) is 7.95. The molecule has 0 radical (unpaired) electrons. The smallest absolute Gasteiger partial charge is 0.300 e. The number of carbonyl (C=O) groups excluding carboxylic acids is 1. The number of alkyl halides is 3. The third-order valence-electron chi connectivity index (χ3n) is 3.68. The van der Waals surface area contributed by atoms with Gasteiger partial charge in [-0.2, -0.15) is 22.5 Å². The maximum atomic E-state index is 12.6. The maximum absolute atomic E-state index is 12.6. The minimum absolute atomic E-state index is 0.167. The van der Waals surface area contributed by atoms with Crippen LogP contribution in [0.25, 0.3) is 10.7 Å². The van der Waals surface area contributed by atoms with Crippen LogP contribution in [0.15, 0.2) is 29.2 Å². The van der Waals surface area contributed by atoms with Gasteiger partial charge in [-0.15, -0.1) is 11.3 Å². The fraction of sp³-hybridized carbons (Fsp3) is 0.250. The number of anilines is 1. The van der Waals surface area contributed by atoms with Crippen LogP contribution in [0.2, 0.25) is 0 Å². The van der Waals surface area contributed by atoms with Crippen molar-refractivity contribution in [3.8, 4) is 10.7 Å². The second-order valence-corrected chi connectivity index (χ2v) is 9.78. The number of hydrogen-bond acceptors (Lipinski definition) is 8. The van der Waals surface area contributed by atoms with Crippen molar-refractivity contribution in [2.24, 2.45) is 0 Å². The number of halogens is 3. The lowest BCUT2D eigenvalue weighted by Crippen LogP contribution is -2.23. The standard InChI is InChI=1S/C16H13F3N4O3S3/c1-8-13(27-9(2)20-8)14-22-15(28-23-14)21-12(24)7-10-3-5-11(6-4-10)29(25,26)16(17,18)19/h3-6H,7H2,1-2H3,(H,21,22,23,24). The molecule has 7 nitrogen and oxygen atoms in total. The van der Waals surface area contributed by atoms with Gasteiger partial charge in [-0.25, -0.2) is 13.4 Å². The number of sulfone groups is 1. The van der Waals surface area contributed by atoms with Gasteiger partial charge in [0.05, 0.1) is 26.9 Å². The lowest BCUT2D eigenvalue weighted by molar-refractivity contribution is -0.115. The van der Waals surface area contributed by atoms with Gasteiger partial charge in [0.25, 0.3) is 9.84 Å². The zero-order chi connectivity index (χ0) is 21.4. The summed E-state index contributed by atoms with van der Waals surface area (Å²) in [6.07, 6.45) is -0.167. The number of nitrogens with zero attached hydrogens (tertiary/aromatic N) is 3. The Morgan fingerprint density at radius 3 is 2.34 bits per heavy atom. The molecule has 0 atom stereocenters. The van der Waals surface area contributed by atoms with E-state index in [0.29, 0.717) is 11.4 Å². The first kappa shape index (κ1) is 21.3. The molecule has 154 valence electrons. The number of amides is 1. The Bertz CT molecular complexity index is 1150. The summed E-state index contributed by atoms with van der Waals surface area (Å²) in [4.78, 5) is 20.6. The van der Waals surface area contributed by atoms with Gasteiger partial charge in [0.1, 0.15) is 0 Å². The van der Waals surface area contributed by atoms with Crippen molar-refractivity contribution in [3.63, 3.8) is 0 Å². The Kier molecular flexibility index (Phi) is 5.74. The zero-order valence-electron chi connectivity index (χ0n) is 14.9. The number of rotatable bonds is 5. The van der Waals surface area contributed by atoms with Crippen LogP contribution in [0.1, 0.15) is 16.3 Å². The van der Waals surface area contributed by atoms with Crippen molar-refractivity contribution >= 4 is 43.7 Å². The van der Waals surface area contributed by atoms with E-state index in [2.05, 4.69) is 19.7 Å². The van der Waals surface area contributed by atoms with E-state index in [9.17, 15) is 26.4 Å². The molecule has 0 saturated carbocycles. The summed E-state index contributed by atoms with van der Waals surface area (Å²) in [5.74, 6) is -0.00792. The normalized spacial score (nSPS) is 12.2. The Morgan fingerprint density at radius 1 is 1.14 bits per heavy atom. The fourth-order valence-corrected chi connectivity index (χ4v) is 4.64. The minimum atomic E-state index is -5.42. The van der Waals surface area contributed by atoms with Crippen LogP contribution >= 0.6 is 22.9 Å². The highest BCUT2D eigenvalue weighted by atomic mass is 32.2. The number of thiazole rings is 1. The number of aryl methyl sites for hydroxylation is 2. The summed E-state index contributed by atoms with van der Waals surface area (Å²) in [6.45, 7) is 3.70. The van der Waals surface area contributed by atoms with Gasteiger partial charge in [0.2, 0.25) is 11.0 Å². The highest BCUT2D eigenvalue weighted by Crippen LogP contribution is 2.31. The van der Waals surface area contributed by atoms with Gasteiger partial charge in [0.15, 0.2) is 5.82 Å². The third-order valence-corrected chi connectivity index (χ3v) is 6.88. The number of aromatic nitrogens is 3. The van der Waals surface area contributed by atoms with Crippen LogP contribution in [0.5, 0.6) is 0 Å². The third kappa shape index (κ3) is 4.62. The molecule has 0 bridgehead atoms. The summed E-state index contributed by atoms with van der Waals surface area (Å²) < 4.78 is 64.6. The van der Waals surface area contributed by atoms with Gasteiger partial charge in [0, 0.05) is 11.5 Å².